The summed E-state index contributed by atoms with van der Waals surface area (Å²) < 4.78 is 4.95. The van der Waals surface area contributed by atoms with Crippen molar-refractivity contribution in [1.29, 1.82) is 0 Å². The molecular weight excluding hydrogens is 366 g/mol. The molecule has 0 bridgehead atoms. The van der Waals surface area contributed by atoms with Crippen molar-refractivity contribution in [3.63, 3.8) is 0 Å². The molecule has 0 saturated heterocycles. The van der Waals surface area contributed by atoms with Crippen molar-refractivity contribution in [1.82, 2.24) is 0 Å². The molecule has 0 amide bonds. The topological polar surface area (TPSA) is 75.6 Å². The molecule has 138 valence electrons. The second-order valence-corrected chi connectivity index (χ2v) is 7.19. The molecule has 2 aromatic rings. The van der Waals surface area contributed by atoms with Crippen LogP contribution in [0.5, 0.6) is 0 Å². The molecular formula is C21H18ClNO4. The maximum Gasteiger partial charge on any atom is 0.338 e. The number of fused-ring (bicyclic) bond motifs is 3. The number of anilines is 1. The van der Waals surface area contributed by atoms with Crippen LogP contribution in [0.3, 0.4) is 0 Å². The van der Waals surface area contributed by atoms with Crippen LogP contribution in [0.4, 0.5) is 5.69 Å². The van der Waals surface area contributed by atoms with Crippen LogP contribution < -0.4 is 5.32 Å². The number of nitrogens with one attached hydrogen (secondary N) is 1. The molecule has 0 spiro atoms. The van der Waals surface area contributed by atoms with Crippen molar-refractivity contribution in [2.24, 2.45) is 5.92 Å². The molecule has 2 aromatic carbocycles. The molecule has 2 unspecified atom stereocenters. The van der Waals surface area contributed by atoms with Crippen LogP contribution in [0.15, 0.2) is 48.6 Å². The third-order valence-corrected chi connectivity index (χ3v) is 5.71. The lowest BCUT2D eigenvalue weighted by molar-refractivity contribution is 0.0597. The Morgan fingerprint density at radius 1 is 1.19 bits per heavy atom. The number of aromatic carboxylic acids is 1. The lowest BCUT2D eigenvalue weighted by atomic mass is 9.75. The summed E-state index contributed by atoms with van der Waals surface area (Å²) in [5, 5.41) is 13.2. The van der Waals surface area contributed by atoms with E-state index in [0.717, 1.165) is 23.2 Å². The highest BCUT2D eigenvalue weighted by Crippen LogP contribution is 2.52. The zero-order valence-corrected chi connectivity index (χ0v) is 15.4. The Hall–Kier alpha value is -2.79. The smallest absolute Gasteiger partial charge is 0.338 e. The van der Waals surface area contributed by atoms with E-state index in [-0.39, 0.29) is 29.4 Å². The highest BCUT2D eigenvalue weighted by molar-refractivity contribution is 6.33. The summed E-state index contributed by atoms with van der Waals surface area (Å²) in [6.45, 7) is 0. The van der Waals surface area contributed by atoms with Gasteiger partial charge in [-0.25, -0.2) is 9.59 Å². The zero-order chi connectivity index (χ0) is 19.1. The SMILES string of the molecule is COC(=O)c1ccc(Cl)c2c1C1C=CCC1[C@@H](c1ccc(C(=O)O)cc1)N2. The molecule has 6 heteroatoms. The molecule has 1 aliphatic carbocycles. The summed E-state index contributed by atoms with van der Waals surface area (Å²) in [6, 6.07) is 10.3. The van der Waals surface area contributed by atoms with Gasteiger partial charge in [-0.2, -0.15) is 0 Å². The van der Waals surface area contributed by atoms with Gasteiger partial charge in [-0.05, 0) is 47.7 Å². The molecule has 4 rings (SSSR count). The Morgan fingerprint density at radius 3 is 2.59 bits per heavy atom. The van der Waals surface area contributed by atoms with Gasteiger partial charge in [-0.15, -0.1) is 0 Å². The quantitative estimate of drug-likeness (QED) is 0.596. The first-order chi connectivity index (χ1) is 13.0. The van der Waals surface area contributed by atoms with Crippen LogP contribution in [-0.2, 0) is 4.74 Å². The van der Waals surface area contributed by atoms with E-state index in [1.807, 2.05) is 12.1 Å². The number of hydrogen-bond acceptors (Lipinski definition) is 4. The van der Waals surface area contributed by atoms with Gasteiger partial charge in [0.05, 0.1) is 35.0 Å². The van der Waals surface area contributed by atoms with Gasteiger partial charge in [0.15, 0.2) is 0 Å². The van der Waals surface area contributed by atoms with Crippen LogP contribution in [0.1, 0.15) is 50.2 Å². The number of rotatable bonds is 3. The number of carbonyl (C=O) groups is 2. The first-order valence-electron chi connectivity index (χ1n) is 8.68. The Bertz CT molecular complexity index is 951. The number of esters is 1. The Balaban J connectivity index is 1.80. The number of methoxy groups -OCH3 is 1. The van der Waals surface area contributed by atoms with Crippen LogP contribution in [-0.4, -0.2) is 24.2 Å². The Morgan fingerprint density at radius 2 is 1.93 bits per heavy atom. The van der Waals surface area contributed by atoms with Gasteiger partial charge in [-0.3, -0.25) is 0 Å². The normalized spacial score (nSPS) is 22.5. The van der Waals surface area contributed by atoms with Crippen molar-refractivity contribution < 1.29 is 19.4 Å². The van der Waals surface area contributed by atoms with Crippen molar-refractivity contribution in [3.8, 4) is 0 Å². The van der Waals surface area contributed by atoms with Gasteiger partial charge < -0.3 is 15.2 Å². The monoisotopic (exact) mass is 383 g/mol. The maximum absolute atomic E-state index is 12.3. The van der Waals surface area contributed by atoms with Crippen LogP contribution in [0, 0.1) is 5.92 Å². The number of allylic oxidation sites excluding steroid dienone is 2. The van der Waals surface area contributed by atoms with Crippen LogP contribution >= 0.6 is 11.6 Å². The molecule has 0 aromatic heterocycles. The van der Waals surface area contributed by atoms with Crippen molar-refractivity contribution in [3.05, 3.63) is 75.8 Å². The first kappa shape index (κ1) is 17.6. The molecule has 5 nitrogen and oxygen atoms in total. The van der Waals surface area contributed by atoms with E-state index in [9.17, 15) is 9.59 Å². The molecule has 3 atom stereocenters. The Kier molecular flexibility index (Phi) is 4.40. The van der Waals surface area contributed by atoms with Crippen molar-refractivity contribution in [2.45, 2.75) is 18.4 Å². The molecule has 2 aliphatic rings. The first-order valence-corrected chi connectivity index (χ1v) is 9.06. The fourth-order valence-corrected chi connectivity index (χ4v) is 4.34. The van der Waals surface area contributed by atoms with Gasteiger partial charge in [0, 0.05) is 5.92 Å². The van der Waals surface area contributed by atoms with E-state index in [4.69, 9.17) is 21.4 Å². The second-order valence-electron chi connectivity index (χ2n) is 6.78. The molecule has 27 heavy (non-hydrogen) atoms. The van der Waals surface area contributed by atoms with Gasteiger partial charge in [0.25, 0.3) is 0 Å². The molecule has 0 fully saturated rings. The van der Waals surface area contributed by atoms with Gasteiger partial charge in [0.2, 0.25) is 0 Å². The number of carboxylic acid groups (broad SMARTS) is 1. The summed E-state index contributed by atoms with van der Waals surface area (Å²) in [5.41, 5.74) is 3.36. The number of ether oxygens (including phenoxy) is 1. The minimum atomic E-state index is -0.949. The summed E-state index contributed by atoms with van der Waals surface area (Å²) in [4.78, 5) is 23.4. The predicted molar refractivity (Wildman–Crippen MR) is 103 cm³/mol. The minimum Gasteiger partial charge on any atom is -0.478 e. The fourth-order valence-electron chi connectivity index (χ4n) is 4.13. The predicted octanol–water partition coefficient (Wildman–Crippen LogP) is 4.65. The molecule has 0 saturated carbocycles. The van der Waals surface area contributed by atoms with Crippen LogP contribution in [0.2, 0.25) is 5.02 Å². The maximum atomic E-state index is 12.3. The van der Waals surface area contributed by atoms with Crippen molar-refractivity contribution in [2.75, 3.05) is 12.4 Å². The van der Waals surface area contributed by atoms with E-state index >= 15 is 0 Å². The number of carbonyl (C=O) groups excluding carboxylic acids is 1. The minimum absolute atomic E-state index is 0.0364. The highest BCUT2D eigenvalue weighted by atomic mass is 35.5. The lowest BCUT2D eigenvalue weighted by Crippen LogP contribution is -2.30. The van der Waals surface area contributed by atoms with E-state index in [1.165, 1.54) is 7.11 Å². The lowest BCUT2D eigenvalue weighted by Gasteiger charge is -2.38. The molecule has 1 aliphatic heterocycles. The standard InChI is InChI=1S/C21H18ClNO4/c1-27-21(26)15-9-10-16(22)19-17(15)13-3-2-4-14(13)18(23-19)11-5-7-12(8-6-11)20(24)25/h2-3,5-10,13-14,18,23H,4H2,1H3,(H,24,25)/t13?,14?,18-/m1/s1. The number of benzene rings is 2. The third-order valence-electron chi connectivity index (χ3n) is 5.39. The Labute approximate surface area is 161 Å². The second kappa shape index (κ2) is 6.74. The van der Waals surface area contributed by atoms with E-state index in [2.05, 4.69) is 17.5 Å². The van der Waals surface area contributed by atoms with E-state index in [0.29, 0.717) is 10.6 Å². The molecule has 2 N–H and O–H groups in total. The molecule has 0 radical (unpaired) electrons. The van der Waals surface area contributed by atoms with Gasteiger partial charge in [0.1, 0.15) is 0 Å². The fraction of sp³-hybridized carbons (Fsp3) is 0.238. The average molecular weight is 384 g/mol. The summed E-state index contributed by atoms with van der Waals surface area (Å²) in [5.74, 6) is -1.09. The molecule has 1 heterocycles. The summed E-state index contributed by atoms with van der Waals surface area (Å²) >= 11 is 6.46. The number of halogens is 1. The summed E-state index contributed by atoms with van der Waals surface area (Å²) in [6.07, 6.45) is 5.09. The largest absolute Gasteiger partial charge is 0.478 e. The van der Waals surface area contributed by atoms with E-state index in [1.54, 1.807) is 24.3 Å². The average Bonchev–Trinajstić information content (AvgIpc) is 3.17. The third kappa shape index (κ3) is 2.88. The van der Waals surface area contributed by atoms with Gasteiger partial charge in [-0.1, -0.05) is 35.9 Å². The van der Waals surface area contributed by atoms with Crippen molar-refractivity contribution >= 4 is 29.2 Å². The summed E-state index contributed by atoms with van der Waals surface area (Å²) in [7, 11) is 1.37. The van der Waals surface area contributed by atoms with Crippen LogP contribution in [0.25, 0.3) is 0 Å². The highest BCUT2D eigenvalue weighted by Gasteiger charge is 2.41. The van der Waals surface area contributed by atoms with Gasteiger partial charge >= 0.3 is 11.9 Å². The van der Waals surface area contributed by atoms with E-state index < -0.39 is 5.97 Å². The zero-order valence-electron chi connectivity index (χ0n) is 14.6. The number of hydrogen-bond donors (Lipinski definition) is 2. The number of carboxylic acids is 1.